The molecule has 2 heterocycles. The second-order valence-electron chi connectivity index (χ2n) is 5.59. The third kappa shape index (κ3) is 4.37. The SMILES string of the molecule is CNC(=O)NC(=O)CCSc1nnc(-c2ccoc2C)n1-c1ccccc1. The van der Waals surface area contributed by atoms with Gasteiger partial charge in [0.05, 0.1) is 11.8 Å². The van der Waals surface area contributed by atoms with Crippen LogP contribution in [0, 0.1) is 6.92 Å². The predicted molar refractivity (Wildman–Crippen MR) is 102 cm³/mol. The first kappa shape index (κ1) is 18.7. The highest BCUT2D eigenvalue weighted by Crippen LogP contribution is 2.30. The van der Waals surface area contributed by atoms with E-state index >= 15 is 0 Å². The summed E-state index contributed by atoms with van der Waals surface area (Å²) in [6.07, 6.45) is 1.80. The molecule has 3 amide bonds. The van der Waals surface area contributed by atoms with Crippen LogP contribution in [0.1, 0.15) is 12.2 Å². The van der Waals surface area contributed by atoms with Crippen LogP contribution in [0.2, 0.25) is 0 Å². The van der Waals surface area contributed by atoms with Gasteiger partial charge in [0, 0.05) is 24.9 Å². The van der Waals surface area contributed by atoms with Crippen LogP contribution in [0.15, 0.2) is 52.2 Å². The fraction of sp³-hybridized carbons (Fsp3) is 0.222. The molecule has 0 bridgehead atoms. The third-order valence-corrected chi connectivity index (χ3v) is 4.72. The minimum Gasteiger partial charge on any atom is -0.469 e. The number of hydrogen-bond acceptors (Lipinski definition) is 6. The Balaban J connectivity index is 1.82. The van der Waals surface area contributed by atoms with Gasteiger partial charge in [0.1, 0.15) is 5.76 Å². The zero-order valence-corrected chi connectivity index (χ0v) is 15.7. The summed E-state index contributed by atoms with van der Waals surface area (Å²) in [5.41, 5.74) is 1.77. The number of para-hydroxylation sites is 1. The normalized spacial score (nSPS) is 10.6. The molecule has 0 atom stereocenters. The lowest BCUT2D eigenvalue weighted by molar-refractivity contribution is -0.119. The fourth-order valence-electron chi connectivity index (χ4n) is 2.45. The molecular formula is C18H19N5O3S. The lowest BCUT2D eigenvalue weighted by Crippen LogP contribution is -2.37. The van der Waals surface area contributed by atoms with Crippen molar-refractivity contribution >= 4 is 23.7 Å². The van der Waals surface area contributed by atoms with Crippen LogP contribution >= 0.6 is 11.8 Å². The van der Waals surface area contributed by atoms with Gasteiger partial charge in [0.15, 0.2) is 11.0 Å². The number of nitrogens with zero attached hydrogens (tertiary/aromatic N) is 3. The lowest BCUT2D eigenvalue weighted by atomic mass is 10.2. The molecular weight excluding hydrogens is 366 g/mol. The highest BCUT2D eigenvalue weighted by molar-refractivity contribution is 7.99. The fourth-order valence-corrected chi connectivity index (χ4v) is 3.34. The number of carbonyl (C=O) groups excluding carboxylic acids is 2. The van der Waals surface area contributed by atoms with Gasteiger partial charge in [-0.25, -0.2) is 4.79 Å². The van der Waals surface area contributed by atoms with Gasteiger partial charge < -0.3 is 9.73 Å². The Labute approximate surface area is 160 Å². The summed E-state index contributed by atoms with van der Waals surface area (Å²) >= 11 is 1.40. The third-order valence-electron chi connectivity index (χ3n) is 3.79. The molecule has 0 saturated carbocycles. The number of urea groups is 1. The molecule has 1 aromatic carbocycles. The van der Waals surface area contributed by atoms with Crippen LogP contribution in [0.5, 0.6) is 0 Å². The Kier molecular flexibility index (Phi) is 5.92. The van der Waals surface area contributed by atoms with Crippen LogP contribution in [0.4, 0.5) is 4.79 Å². The van der Waals surface area contributed by atoms with E-state index in [9.17, 15) is 9.59 Å². The van der Waals surface area contributed by atoms with Crippen LogP contribution < -0.4 is 10.6 Å². The molecule has 2 N–H and O–H groups in total. The van der Waals surface area contributed by atoms with Gasteiger partial charge in [-0.05, 0) is 25.1 Å². The molecule has 0 aliphatic rings. The number of hydrogen-bond donors (Lipinski definition) is 2. The van der Waals surface area contributed by atoms with E-state index in [0.717, 1.165) is 17.0 Å². The van der Waals surface area contributed by atoms with Gasteiger partial charge in [-0.2, -0.15) is 0 Å². The standard InChI is InChI=1S/C18H19N5O3S/c1-12-14(8-10-26-12)16-21-22-18(23(16)13-6-4-3-5-7-13)27-11-9-15(24)20-17(25)19-2/h3-8,10H,9,11H2,1-2H3,(H2,19,20,24,25). The summed E-state index contributed by atoms with van der Waals surface area (Å²) in [6, 6.07) is 11.1. The van der Waals surface area contributed by atoms with E-state index in [1.165, 1.54) is 18.8 Å². The maximum absolute atomic E-state index is 11.8. The summed E-state index contributed by atoms with van der Waals surface area (Å²) in [5.74, 6) is 1.53. The largest absolute Gasteiger partial charge is 0.469 e. The van der Waals surface area contributed by atoms with Crippen molar-refractivity contribution in [1.29, 1.82) is 0 Å². The molecule has 0 radical (unpaired) electrons. The van der Waals surface area contributed by atoms with Gasteiger partial charge in [-0.3, -0.25) is 14.7 Å². The number of benzene rings is 1. The first-order chi connectivity index (χ1) is 13.1. The summed E-state index contributed by atoms with van der Waals surface area (Å²) in [5, 5.41) is 13.9. The lowest BCUT2D eigenvalue weighted by Gasteiger charge is -2.09. The van der Waals surface area contributed by atoms with E-state index < -0.39 is 6.03 Å². The number of aryl methyl sites for hydroxylation is 1. The van der Waals surface area contributed by atoms with Crippen molar-refractivity contribution in [3.05, 3.63) is 48.4 Å². The summed E-state index contributed by atoms with van der Waals surface area (Å²) in [7, 11) is 1.46. The highest BCUT2D eigenvalue weighted by atomic mass is 32.2. The van der Waals surface area contributed by atoms with Gasteiger partial charge in [0.25, 0.3) is 0 Å². The average Bonchev–Trinajstić information content (AvgIpc) is 3.28. The topological polar surface area (TPSA) is 102 Å². The number of aromatic nitrogens is 3. The molecule has 140 valence electrons. The number of imide groups is 1. The Hall–Kier alpha value is -3.07. The Bertz CT molecular complexity index is 936. The summed E-state index contributed by atoms with van der Waals surface area (Å²) in [4.78, 5) is 22.9. The molecule has 0 saturated heterocycles. The van der Waals surface area contributed by atoms with E-state index in [1.807, 2.05) is 47.9 Å². The molecule has 0 spiro atoms. The van der Waals surface area contributed by atoms with Crippen LogP contribution in [-0.2, 0) is 4.79 Å². The van der Waals surface area contributed by atoms with Crippen molar-refractivity contribution in [2.45, 2.75) is 18.5 Å². The van der Waals surface area contributed by atoms with E-state index in [0.29, 0.717) is 16.7 Å². The van der Waals surface area contributed by atoms with Gasteiger partial charge in [-0.1, -0.05) is 30.0 Å². The molecule has 8 nitrogen and oxygen atoms in total. The van der Waals surface area contributed by atoms with E-state index in [4.69, 9.17) is 4.42 Å². The molecule has 27 heavy (non-hydrogen) atoms. The van der Waals surface area contributed by atoms with Crippen LogP contribution in [-0.4, -0.2) is 39.5 Å². The predicted octanol–water partition coefficient (Wildman–Crippen LogP) is 2.77. The Morgan fingerprint density at radius 1 is 1.19 bits per heavy atom. The second kappa shape index (κ2) is 8.54. The monoisotopic (exact) mass is 385 g/mol. The smallest absolute Gasteiger partial charge is 0.321 e. The molecule has 0 aliphatic heterocycles. The van der Waals surface area contributed by atoms with E-state index in [-0.39, 0.29) is 12.3 Å². The minimum absolute atomic E-state index is 0.180. The number of furan rings is 1. The quantitative estimate of drug-likeness (QED) is 0.633. The molecule has 2 aromatic heterocycles. The molecule has 3 rings (SSSR count). The zero-order valence-electron chi connectivity index (χ0n) is 14.9. The van der Waals surface area contributed by atoms with Gasteiger partial charge in [0.2, 0.25) is 5.91 Å². The van der Waals surface area contributed by atoms with Crippen LogP contribution in [0.25, 0.3) is 17.1 Å². The Morgan fingerprint density at radius 3 is 2.63 bits per heavy atom. The van der Waals surface area contributed by atoms with Crippen molar-refractivity contribution in [2.24, 2.45) is 0 Å². The average molecular weight is 385 g/mol. The number of nitrogens with one attached hydrogen (secondary N) is 2. The van der Waals surface area contributed by atoms with Crippen molar-refractivity contribution in [1.82, 2.24) is 25.4 Å². The first-order valence-electron chi connectivity index (χ1n) is 8.30. The molecule has 0 unspecified atom stereocenters. The van der Waals surface area contributed by atoms with E-state index in [2.05, 4.69) is 20.8 Å². The summed E-state index contributed by atoms with van der Waals surface area (Å²) in [6.45, 7) is 1.87. The minimum atomic E-state index is -0.518. The second-order valence-corrected chi connectivity index (χ2v) is 6.66. The van der Waals surface area contributed by atoms with Gasteiger partial charge >= 0.3 is 6.03 Å². The maximum Gasteiger partial charge on any atom is 0.321 e. The van der Waals surface area contributed by atoms with E-state index in [1.54, 1.807) is 6.26 Å². The number of amides is 3. The van der Waals surface area contributed by atoms with Gasteiger partial charge in [-0.15, -0.1) is 10.2 Å². The highest BCUT2D eigenvalue weighted by Gasteiger charge is 2.19. The molecule has 0 aliphatic carbocycles. The van der Waals surface area contributed by atoms with Crippen LogP contribution in [0.3, 0.4) is 0 Å². The zero-order chi connectivity index (χ0) is 19.2. The summed E-state index contributed by atoms with van der Waals surface area (Å²) < 4.78 is 7.33. The maximum atomic E-state index is 11.8. The molecule has 0 fully saturated rings. The molecule has 3 aromatic rings. The molecule has 9 heteroatoms. The van der Waals surface area contributed by atoms with Crippen molar-refractivity contribution in [3.63, 3.8) is 0 Å². The van der Waals surface area contributed by atoms with Crippen molar-refractivity contribution in [2.75, 3.05) is 12.8 Å². The Morgan fingerprint density at radius 2 is 1.96 bits per heavy atom. The van der Waals surface area contributed by atoms with Crippen molar-refractivity contribution < 1.29 is 14.0 Å². The number of thioether (sulfide) groups is 1. The number of carbonyl (C=O) groups is 2. The van der Waals surface area contributed by atoms with Crippen molar-refractivity contribution in [3.8, 4) is 17.1 Å². The first-order valence-corrected chi connectivity index (χ1v) is 9.28. The number of rotatable bonds is 6.